The van der Waals surface area contributed by atoms with Crippen LogP contribution in [0, 0.1) is 0 Å². The molecule has 4 nitrogen and oxygen atoms in total. The molecule has 0 radical (unpaired) electrons. The van der Waals surface area contributed by atoms with E-state index in [1.54, 1.807) is 0 Å². The predicted octanol–water partition coefficient (Wildman–Crippen LogP) is 4.67. The Bertz CT molecular complexity index is 804. The number of piperidine rings is 1. The summed E-state index contributed by atoms with van der Waals surface area (Å²) in [5.41, 5.74) is 3.57. The number of carbonyl (C=O) groups is 1. The number of ether oxygens (including phenoxy) is 1. The van der Waals surface area contributed by atoms with Crippen LogP contribution in [0.2, 0.25) is 0 Å². The molecule has 29 heavy (non-hydrogen) atoms. The lowest BCUT2D eigenvalue weighted by molar-refractivity contribution is -0.123. The zero-order valence-corrected chi connectivity index (χ0v) is 18.0. The van der Waals surface area contributed by atoms with Gasteiger partial charge in [0.05, 0.1) is 0 Å². The second kappa shape index (κ2) is 9.93. The lowest BCUT2D eigenvalue weighted by atomic mass is 9.86. The number of nitrogens with one attached hydrogen (secondary N) is 1. The van der Waals surface area contributed by atoms with Crippen molar-refractivity contribution in [2.24, 2.45) is 0 Å². The van der Waals surface area contributed by atoms with E-state index in [0.717, 1.165) is 17.9 Å². The lowest BCUT2D eigenvalue weighted by Gasteiger charge is -2.27. The summed E-state index contributed by atoms with van der Waals surface area (Å²) in [6.07, 6.45) is 3.91. The fourth-order valence-electron chi connectivity index (χ4n) is 3.84. The quantitative estimate of drug-likeness (QED) is 0.742. The zero-order chi connectivity index (χ0) is 20.7. The van der Waals surface area contributed by atoms with Gasteiger partial charge in [0.15, 0.2) is 6.61 Å². The van der Waals surface area contributed by atoms with Gasteiger partial charge in [-0.15, -0.1) is 0 Å². The summed E-state index contributed by atoms with van der Waals surface area (Å²) in [5, 5.41) is 3.02. The topological polar surface area (TPSA) is 41.6 Å². The van der Waals surface area contributed by atoms with E-state index >= 15 is 0 Å². The van der Waals surface area contributed by atoms with E-state index in [-0.39, 0.29) is 17.9 Å². The Hall–Kier alpha value is -2.33. The smallest absolute Gasteiger partial charge is 0.258 e. The molecule has 1 fully saturated rings. The standard InChI is InChI=1S/C25H34N2O2/c1-25(2,3)22-13-7-8-14-23(22)29-19-24(28)26-17-20-11-5-6-12-21(20)18-27-15-9-4-10-16-27/h5-8,11-14H,4,9-10,15-19H2,1-3H3,(H,26,28). The largest absolute Gasteiger partial charge is 0.483 e. The highest BCUT2D eigenvalue weighted by Crippen LogP contribution is 2.30. The highest BCUT2D eigenvalue weighted by atomic mass is 16.5. The minimum Gasteiger partial charge on any atom is -0.483 e. The maximum absolute atomic E-state index is 12.4. The number of benzene rings is 2. The van der Waals surface area contributed by atoms with E-state index in [2.05, 4.69) is 55.3 Å². The van der Waals surface area contributed by atoms with E-state index in [4.69, 9.17) is 4.74 Å². The van der Waals surface area contributed by atoms with Gasteiger partial charge in [-0.1, -0.05) is 69.7 Å². The third-order valence-electron chi connectivity index (χ3n) is 5.49. The van der Waals surface area contributed by atoms with Crippen LogP contribution in [0.4, 0.5) is 0 Å². The van der Waals surface area contributed by atoms with E-state index < -0.39 is 0 Å². The molecular weight excluding hydrogens is 360 g/mol. The summed E-state index contributed by atoms with van der Waals surface area (Å²) in [4.78, 5) is 14.9. The van der Waals surface area contributed by atoms with Crippen molar-refractivity contribution in [1.82, 2.24) is 10.2 Å². The van der Waals surface area contributed by atoms with Gasteiger partial charge in [0.1, 0.15) is 5.75 Å². The van der Waals surface area contributed by atoms with Gasteiger partial charge in [0.25, 0.3) is 5.91 Å². The van der Waals surface area contributed by atoms with Crippen molar-refractivity contribution >= 4 is 5.91 Å². The molecule has 2 aromatic carbocycles. The van der Waals surface area contributed by atoms with Crippen LogP contribution < -0.4 is 10.1 Å². The molecule has 4 heteroatoms. The van der Waals surface area contributed by atoms with Gasteiger partial charge < -0.3 is 10.1 Å². The highest BCUT2D eigenvalue weighted by Gasteiger charge is 2.19. The van der Waals surface area contributed by atoms with Gasteiger partial charge in [-0.2, -0.15) is 0 Å². The molecule has 156 valence electrons. The van der Waals surface area contributed by atoms with Crippen molar-refractivity contribution in [1.29, 1.82) is 0 Å². The van der Waals surface area contributed by atoms with Gasteiger partial charge in [-0.05, 0) is 54.1 Å². The molecule has 1 aliphatic heterocycles. The molecule has 0 aromatic heterocycles. The van der Waals surface area contributed by atoms with Gasteiger partial charge in [-0.25, -0.2) is 0 Å². The Morgan fingerprint density at radius 3 is 2.34 bits per heavy atom. The molecule has 0 saturated carbocycles. The van der Waals surface area contributed by atoms with Gasteiger partial charge in [-0.3, -0.25) is 9.69 Å². The second-order valence-electron chi connectivity index (χ2n) is 8.92. The van der Waals surface area contributed by atoms with Crippen LogP contribution in [0.25, 0.3) is 0 Å². The van der Waals surface area contributed by atoms with Gasteiger partial charge >= 0.3 is 0 Å². The number of hydrogen-bond acceptors (Lipinski definition) is 3. The fraction of sp³-hybridized carbons (Fsp3) is 0.480. The number of hydrogen-bond donors (Lipinski definition) is 1. The van der Waals surface area contributed by atoms with Crippen LogP contribution in [0.15, 0.2) is 48.5 Å². The Kier molecular flexibility index (Phi) is 7.32. The molecule has 3 rings (SSSR count). The third kappa shape index (κ3) is 6.33. The molecule has 0 unspecified atom stereocenters. The summed E-state index contributed by atoms with van der Waals surface area (Å²) in [5.74, 6) is 0.683. The Labute approximate surface area is 175 Å². The van der Waals surface area contributed by atoms with Crippen molar-refractivity contribution in [2.45, 2.75) is 58.5 Å². The number of rotatable bonds is 7. The van der Waals surface area contributed by atoms with Crippen LogP contribution in [0.1, 0.15) is 56.7 Å². The van der Waals surface area contributed by atoms with Crippen molar-refractivity contribution in [2.75, 3.05) is 19.7 Å². The van der Waals surface area contributed by atoms with Crippen LogP contribution >= 0.6 is 0 Å². The van der Waals surface area contributed by atoms with Crippen LogP contribution in [0.5, 0.6) is 5.75 Å². The molecule has 0 bridgehead atoms. The SMILES string of the molecule is CC(C)(C)c1ccccc1OCC(=O)NCc1ccccc1CN1CCCCC1. The molecule has 1 heterocycles. The van der Waals surface area contributed by atoms with Crippen molar-refractivity contribution in [3.63, 3.8) is 0 Å². The predicted molar refractivity (Wildman–Crippen MR) is 118 cm³/mol. The first-order chi connectivity index (χ1) is 13.9. The van der Waals surface area contributed by atoms with Crippen LogP contribution in [0.3, 0.4) is 0 Å². The fourth-order valence-corrected chi connectivity index (χ4v) is 3.84. The van der Waals surface area contributed by atoms with Crippen molar-refractivity contribution in [3.05, 3.63) is 65.2 Å². The zero-order valence-electron chi connectivity index (χ0n) is 18.0. The molecular formula is C25H34N2O2. The van der Waals surface area contributed by atoms with E-state index in [1.165, 1.54) is 43.5 Å². The van der Waals surface area contributed by atoms with E-state index in [0.29, 0.717) is 6.54 Å². The van der Waals surface area contributed by atoms with E-state index in [9.17, 15) is 4.79 Å². The summed E-state index contributed by atoms with van der Waals surface area (Å²) in [7, 11) is 0. The molecule has 2 aromatic rings. The molecule has 0 aliphatic carbocycles. The summed E-state index contributed by atoms with van der Waals surface area (Å²) < 4.78 is 5.85. The van der Waals surface area contributed by atoms with Crippen LogP contribution in [-0.2, 0) is 23.3 Å². The van der Waals surface area contributed by atoms with Crippen LogP contribution in [-0.4, -0.2) is 30.5 Å². The molecule has 1 saturated heterocycles. The number of amides is 1. The molecule has 0 spiro atoms. The molecule has 0 atom stereocenters. The highest BCUT2D eigenvalue weighted by molar-refractivity contribution is 5.77. The minimum absolute atomic E-state index is 0.0273. The first-order valence-corrected chi connectivity index (χ1v) is 10.7. The third-order valence-corrected chi connectivity index (χ3v) is 5.49. The second-order valence-corrected chi connectivity index (χ2v) is 8.92. The molecule has 1 aliphatic rings. The number of para-hydroxylation sites is 1. The number of nitrogens with zero attached hydrogens (tertiary/aromatic N) is 1. The normalized spacial score (nSPS) is 15.1. The summed E-state index contributed by atoms with van der Waals surface area (Å²) in [6, 6.07) is 16.3. The van der Waals surface area contributed by atoms with E-state index in [1.807, 2.05) is 24.3 Å². The molecule has 1 N–H and O–H groups in total. The summed E-state index contributed by atoms with van der Waals surface area (Å²) in [6.45, 7) is 10.3. The number of likely N-dealkylation sites (tertiary alicyclic amines) is 1. The Morgan fingerprint density at radius 2 is 1.62 bits per heavy atom. The van der Waals surface area contributed by atoms with Crippen molar-refractivity contribution < 1.29 is 9.53 Å². The Morgan fingerprint density at radius 1 is 0.966 bits per heavy atom. The Balaban J connectivity index is 1.54. The first kappa shape index (κ1) is 21.4. The minimum atomic E-state index is -0.0958. The first-order valence-electron chi connectivity index (χ1n) is 10.7. The van der Waals surface area contributed by atoms with Crippen molar-refractivity contribution in [3.8, 4) is 5.75 Å². The van der Waals surface area contributed by atoms with Gasteiger partial charge in [0, 0.05) is 13.1 Å². The van der Waals surface area contributed by atoms with Gasteiger partial charge in [0.2, 0.25) is 0 Å². The monoisotopic (exact) mass is 394 g/mol. The maximum atomic E-state index is 12.4. The average Bonchev–Trinajstić information content (AvgIpc) is 2.72. The molecule has 1 amide bonds. The average molecular weight is 395 g/mol. The summed E-state index contributed by atoms with van der Waals surface area (Å²) >= 11 is 0. The maximum Gasteiger partial charge on any atom is 0.258 e. The lowest BCUT2D eigenvalue weighted by Crippen LogP contribution is -2.31. The number of carbonyl (C=O) groups excluding carboxylic acids is 1.